The molecule has 62 valence electrons. The summed E-state index contributed by atoms with van der Waals surface area (Å²) in [5, 5.41) is 3.24. The number of ether oxygens (including phenoxy) is 1. The van der Waals surface area contributed by atoms with Gasteiger partial charge in [-0.15, -0.1) is 0 Å². The Balaban J connectivity index is 2.04. The minimum atomic E-state index is 0.768. The third kappa shape index (κ3) is 3.20. The summed E-state index contributed by atoms with van der Waals surface area (Å²) in [7, 11) is 1.71. The summed E-state index contributed by atoms with van der Waals surface area (Å²) in [5.74, 6) is 0. The SMILES string of the molecule is COCCNCc1cc[nH]c1. The van der Waals surface area contributed by atoms with Crippen LogP contribution in [0.1, 0.15) is 5.56 Å². The van der Waals surface area contributed by atoms with Gasteiger partial charge in [0.05, 0.1) is 6.61 Å². The summed E-state index contributed by atoms with van der Waals surface area (Å²) >= 11 is 0. The third-order valence-electron chi connectivity index (χ3n) is 1.47. The molecule has 1 heterocycles. The van der Waals surface area contributed by atoms with Gasteiger partial charge in [-0.25, -0.2) is 0 Å². The number of nitrogens with one attached hydrogen (secondary N) is 2. The molecule has 0 atom stereocenters. The van der Waals surface area contributed by atoms with E-state index in [-0.39, 0.29) is 0 Å². The van der Waals surface area contributed by atoms with Crippen molar-refractivity contribution in [3.8, 4) is 0 Å². The van der Waals surface area contributed by atoms with E-state index in [4.69, 9.17) is 4.74 Å². The van der Waals surface area contributed by atoms with Crippen LogP contribution >= 0.6 is 0 Å². The first-order valence-corrected chi connectivity index (χ1v) is 3.75. The lowest BCUT2D eigenvalue weighted by atomic mass is 10.3. The number of hydrogen-bond acceptors (Lipinski definition) is 2. The van der Waals surface area contributed by atoms with Crippen LogP contribution in [-0.2, 0) is 11.3 Å². The van der Waals surface area contributed by atoms with Gasteiger partial charge in [-0.2, -0.15) is 0 Å². The Labute approximate surface area is 66.8 Å². The van der Waals surface area contributed by atoms with Crippen molar-refractivity contribution in [2.45, 2.75) is 6.54 Å². The fraction of sp³-hybridized carbons (Fsp3) is 0.500. The molecule has 0 aliphatic heterocycles. The van der Waals surface area contributed by atoms with Gasteiger partial charge in [-0.3, -0.25) is 0 Å². The number of H-pyrrole nitrogens is 1. The smallest absolute Gasteiger partial charge is 0.0587 e. The zero-order chi connectivity index (χ0) is 7.94. The van der Waals surface area contributed by atoms with Gasteiger partial charge < -0.3 is 15.0 Å². The Morgan fingerprint density at radius 2 is 2.55 bits per heavy atom. The van der Waals surface area contributed by atoms with Crippen LogP contribution in [-0.4, -0.2) is 25.2 Å². The standard InChI is InChI=1S/C8H14N2O/c1-11-5-4-10-7-8-2-3-9-6-8/h2-3,6,9-10H,4-5,7H2,1H3. The molecule has 2 N–H and O–H groups in total. The highest BCUT2D eigenvalue weighted by Gasteiger charge is 1.89. The van der Waals surface area contributed by atoms with Crippen molar-refractivity contribution in [1.82, 2.24) is 10.3 Å². The first kappa shape index (κ1) is 8.30. The van der Waals surface area contributed by atoms with Gasteiger partial charge >= 0.3 is 0 Å². The average Bonchev–Trinajstić information content (AvgIpc) is 2.50. The Hall–Kier alpha value is -0.800. The molecule has 0 aromatic carbocycles. The first-order chi connectivity index (χ1) is 5.43. The maximum absolute atomic E-state index is 4.89. The Morgan fingerprint density at radius 1 is 1.64 bits per heavy atom. The third-order valence-corrected chi connectivity index (χ3v) is 1.47. The van der Waals surface area contributed by atoms with Crippen LogP contribution in [0, 0.1) is 0 Å². The monoisotopic (exact) mass is 154 g/mol. The maximum Gasteiger partial charge on any atom is 0.0587 e. The van der Waals surface area contributed by atoms with Gasteiger partial charge in [0.2, 0.25) is 0 Å². The summed E-state index contributed by atoms with van der Waals surface area (Å²) < 4.78 is 4.89. The quantitative estimate of drug-likeness (QED) is 0.614. The second-order valence-electron chi connectivity index (χ2n) is 2.39. The second-order valence-corrected chi connectivity index (χ2v) is 2.39. The molecule has 0 bridgehead atoms. The molecule has 11 heavy (non-hydrogen) atoms. The van der Waals surface area contributed by atoms with Crippen LogP contribution in [0.4, 0.5) is 0 Å². The summed E-state index contributed by atoms with van der Waals surface area (Å²) in [6.45, 7) is 2.58. The molecule has 1 aromatic heterocycles. The molecule has 0 amide bonds. The maximum atomic E-state index is 4.89. The molecule has 0 aliphatic rings. The first-order valence-electron chi connectivity index (χ1n) is 3.75. The summed E-state index contributed by atoms with van der Waals surface area (Å²) in [6.07, 6.45) is 3.91. The molecular weight excluding hydrogens is 140 g/mol. The van der Waals surface area contributed by atoms with Crippen molar-refractivity contribution < 1.29 is 4.74 Å². The second kappa shape index (κ2) is 4.93. The van der Waals surface area contributed by atoms with E-state index in [0.717, 1.165) is 19.7 Å². The number of methoxy groups -OCH3 is 1. The van der Waals surface area contributed by atoms with E-state index in [1.807, 2.05) is 12.4 Å². The van der Waals surface area contributed by atoms with E-state index in [9.17, 15) is 0 Å². The summed E-state index contributed by atoms with van der Waals surface area (Å²) in [5.41, 5.74) is 1.28. The molecule has 3 nitrogen and oxygen atoms in total. The van der Waals surface area contributed by atoms with Gasteiger partial charge in [0.15, 0.2) is 0 Å². The highest BCUT2D eigenvalue weighted by molar-refractivity contribution is 5.07. The minimum absolute atomic E-state index is 0.768. The van der Waals surface area contributed by atoms with Crippen molar-refractivity contribution in [3.05, 3.63) is 24.0 Å². The lowest BCUT2D eigenvalue weighted by molar-refractivity contribution is 0.199. The van der Waals surface area contributed by atoms with Gasteiger partial charge in [-0.05, 0) is 11.6 Å². The fourth-order valence-electron chi connectivity index (χ4n) is 0.875. The van der Waals surface area contributed by atoms with Crippen molar-refractivity contribution >= 4 is 0 Å². The lowest BCUT2D eigenvalue weighted by Crippen LogP contribution is -2.18. The van der Waals surface area contributed by atoms with E-state index in [0.29, 0.717) is 0 Å². The summed E-state index contributed by atoms with van der Waals surface area (Å²) in [4.78, 5) is 3.00. The van der Waals surface area contributed by atoms with E-state index in [1.54, 1.807) is 7.11 Å². The average molecular weight is 154 g/mol. The van der Waals surface area contributed by atoms with Gasteiger partial charge in [0.25, 0.3) is 0 Å². The molecule has 0 saturated heterocycles. The number of hydrogen-bond donors (Lipinski definition) is 2. The van der Waals surface area contributed by atoms with Crippen molar-refractivity contribution in [2.24, 2.45) is 0 Å². The van der Waals surface area contributed by atoms with Crippen LogP contribution in [0.2, 0.25) is 0 Å². The normalized spacial score (nSPS) is 10.3. The molecule has 0 unspecified atom stereocenters. The number of aromatic amines is 1. The highest BCUT2D eigenvalue weighted by Crippen LogP contribution is 1.93. The van der Waals surface area contributed by atoms with Gasteiger partial charge in [-0.1, -0.05) is 0 Å². The van der Waals surface area contributed by atoms with Crippen molar-refractivity contribution in [1.29, 1.82) is 0 Å². The molecule has 3 heteroatoms. The number of aromatic nitrogens is 1. The molecule has 0 fully saturated rings. The van der Waals surface area contributed by atoms with E-state index >= 15 is 0 Å². The molecule has 1 rings (SSSR count). The predicted octanol–water partition coefficient (Wildman–Crippen LogP) is 0.751. The molecule has 0 spiro atoms. The molecular formula is C8H14N2O. The fourth-order valence-corrected chi connectivity index (χ4v) is 0.875. The zero-order valence-electron chi connectivity index (χ0n) is 6.76. The van der Waals surface area contributed by atoms with E-state index in [2.05, 4.69) is 16.4 Å². The van der Waals surface area contributed by atoms with Crippen LogP contribution in [0.5, 0.6) is 0 Å². The minimum Gasteiger partial charge on any atom is -0.383 e. The molecule has 0 radical (unpaired) electrons. The number of rotatable bonds is 5. The Morgan fingerprint density at radius 3 is 3.18 bits per heavy atom. The molecule has 0 aliphatic carbocycles. The molecule has 0 saturated carbocycles. The van der Waals surface area contributed by atoms with Crippen molar-refractivity contribution in [3.63, 3.8) is 0 Å². The Bertz CT molecular complexity index is 172. The summed E-state index contributed by atoms with van der Waals surface area (Å²) in [6, 6.07) is 2.06. The van der Waals surface area contributed by atoms with Crippen LogP contribution in [0.3, 0.4) is 0 Å². The van der Waals surface area contributed by atoms with Crippen LogP contribution in [0.15, 0.2) is 18.5 Å². The predicted molar refractivity (Wildman–Crippen MR) is 44.4 cm³/mol. The van der Waals surface area contributed by atoms with Crippen molar-refractivity contribution in [2.75, 3.05) is 20.3 Å². The van der Waals surface area contributed by atoms with Crippen LogP contribution in [0.25, 0.3) is 0 Å². The molecule has 1 aromatic rings. The van der Waals surface area contributed by atoms with E-state index < -0.39 is 0 Å². The Kier molecular flexibility index (Phi) is 3.72. The largest absolute Gasteiger partial charge is 0.383 e. The van der Waals surface area contributed by atoms with E-state index in [1.165, 1.54) is 5.56 Å². The topological polar surface area (TPSA) is 37.0 Å². The van der Waals surface area contributed by atoms with Gasteiger partial charge in [0.1, 0.15) is 0 Å². The van der Waals surface area contributed by atoms with Crippen LogP contribution < -0.4 is 5.32 Å². The van der Waals surface area contributed by atoms with Gasteiger partial charge in [0, 0.05) is 32.6 Å². The lowest BCUT2D eigenvalue weighted by Gasteiger charge is -2.00. The zero-order valence-corrected chi connectivity index (χ0v) is 6.76. The highest BCUT2D eigenvalue weighted by atomic mass is 16.5.